The normalized spacial score (nSPS) is 17.5. The molecule has 0 saturated carbocycles. The molecule has 152 valence electrons. The number of benzene rings is 2. The zero-order valence-corrected chi connectivity index (χ0v) is 16.7. The van der Waals surface area contributed by atoms with Crippen LogP contribution in [0.4, 0.5) is 4.39 Å². The van der Waals surface area contributed by atoms with Crippen molar-refractivity contribution in [2.24, 2.45) is 0 Å². The van der Waals surface area contributed by atoms with Crippen molar-refractivity contribution in [3.63, 3.8) is 0 Å². The molecule has 2 aromatic rings. The molecule has 0 N–H and O–H groups in total. The highest BCUT2D eigenvalue weighted by atomic mass is 32.2. The molecule has 6 nitrogen and oxygen atoms in total. The van der Waals surface area contributed by atoms with Crippen LogP contribution in [0.2, 0.25) is 0 Å². The van der Waals surface area contributed by atoms with E-state index >= 15 is 0 Å². The number of hydrogen-bond donors (Lipinski definition) is 0. The first kappa shape index (κ1) is 20.4. The molecule has 0 radical (unpaired) electrons. The zero-order chi connectivity index (χ0) is 20.1. The van der Waals surface area contributed by atoms with E-state index in [1.807, 2.05) is 18.2 Å². The first-order chi connectivity index (χ1) is 13.5. The van der Waals surface area contributed by atoms with Crippen LogP contribution in [0, 0.1) is 5.82 Å². The van der Waals surface area contributed by atoms with Crippen molar-refractivity contribution < 1.29 is 27.0 Å². The predicted octanol–water partition coefficient (Wildman–Crippen LogP) is 3.04. The van der Waals surface area contributed by atoms with Crippen molar-refractivity contribution in [1.82, 2.24) is 4.31 Å². The first-order valence-electron chi connectivity index (χ1n) is 9.02. The minimum atomic E-state index is -3.51. The van der Waals surface area contributed by atoms with Gasteiger partial charge < -0.3 is 14.2 Å². The Morgan fingerprint density at radius 3 is 2.54 bits per heavy atom. The molecule has 1 aliphatic heterocycles. The molecule has 3 rings (SSSR count). The average Bonchev–Trinajstić information content (AvgIpc) is 3.19. The summed E-state index contributed by atoms with van der Waals surface area (Å²) in [6.45, 7) is 0.686. The van der Waals surface area contributed by atoms with Gasteiger partial charge in [0.25, 0.3) is 0 Å². The Balaban J connectivity index is 1.63. The van der Waals surface area contributed by atoms with Gasteiger partial charge in [0, 0.05) is 24.6 Å². The molecule has 8 heteroatoms. The lowest BCUT2D eigenvalue weighted by atomic mass is 9.97. The number of nitrogens with zero attached hydrogens (tertiary/aromatic N) is 1. The van der Waals surface area contributed by atoms with Crippen molar-refractivity contribution in [1.29, 1.82) is 0 Å². The van der Waals surface area contributed by atoms with Gasteiger partial charge in [-0.15, -0.1) is 0 Å². The lowest BCUT2D eigenvalue weighted by molar-refractivity contribution is 0.319. The summed E-state index contributed by atoms with van der Waals surface area (Å²) in [7, 11) is -0.359. The molecule has 0 bridgehead atoms. The molecule has 1 heterocycles. The first-order valence-corrected chi connectivity index (χ1v) is 10.6. The highest BCUT2D eigenvalue weighted by Gasteiger charge is 2.33. The third-order valence-electron chi connectivity index (χ3n) is 4.85. The summed E-state index contributed by atoms with van der Waals surface area (Å²) in [6, 6.07) is 11.6. The fourth-order valence-electron chi connectivity index (χ4n) is 3.42. The molecule has 0 aromatic heterocycles. The second-order valence-corrected chi connectivity index (χ2v) is 8.61. The maximum atomic E-state index is 13.6. The minimum Gasteiger partial charge on any atom is -0.493 e. The van der Waals surface area contributed by atoms with Crippen LogP contribution in [0.1, 0.15) is 17.9 Å². The summed E-state index contributed by atoms with van der Waals surface area (Å²) in [5.41, 5.74) is 0.933. The maximum Gasteiger partial charge on any atom is 0.217 e. The molecule has 28 heavy (non-hydrogen) atoms. The van der Waals surface area contributed by atoms with Crippen LogP contribution >= 0.6 is 0 Å². The maximum absolute atomic E-state index is 13.6. The molecule has 1 aliphatic rings. The Bertz CT molecular complexity index is 919. The van der Waals surface area contributed by atoms with Crippen molar-refractivity contribution in [2.45, 2.75) is 12.3 Å². The van der Waals surface area contributed by atoms with Gasteiger partial charge in [-0.3, -0.25) is 0 Å². The highest BCUT2D eigenvalue weighted by molar-refractivity contribution is 7.89. The highest BCUT2D eigenvalue weighted by Crippen LogP contribution is 2.39. The van der Waals surface area contributed by atoms with E-state index in [1.54, 1.807) is 26.4 Å². The van der Waals surface area contributed by atoms with Crippen LogP contribution in [0.25, 0.3) is 0 Å². The van der Waals surface area contributed by atoms with Gasteiger partial charge in [0.1, 0.15) is 6.61 Å². The lowest BCUT2D eigenvalue weighted by Crippen LogP contribution is -2.32. The van der Waals surface area contributed by atoms with Gasteiger partial charge in [0.05, 0.1) is 20.0 Å². The summed E-state index contributed by atoms with van der Waals surface area (Å²) in [5, 5.41) is 0. The van der Waals surface area contributed by atoms with Gasteiger partial charge in [-0.2, -0.15) is 0 Å². The second kappa shape index (κ2) is 8.79. The lowest BCUT2D eigenvalue weighted by Gasteiger charge is -2.19. The SMILES string of the molecule is COc1cccc(C2CCN(S(=O)(=O)CCOc3ccccc3F)C2)c1OC. The van der Waals surface area contributed by atoms with Crippen LogP contribution in [0.15, 0.2) is 42.5 Å². The van der Waals surface area contributed by atoms with E-state index in [4.69, 9.17) is 14.2 Å². The van der Waals surface area contributed by atoms with Crippen LogP contribution in [-0.2, 0) is 10.0 Å². The third-order valence-corrected chi connectivity index (χ3v) is 6.65. The number of para-hydroxylation sites is 2. The third kappa shape index (κ3) is 4.39. The Hall–Kier alpha value is -2.32. The van der Waals surface area contributed by atoms with Gasteiger partial charge >= 0.3 is 0 Å². The van der Waals surface area contributed by atoms with Crippen LogP contribution in [-0.4, -0.2) is 52.4 Å². The van der Waals surface area contributed by atoms with Crippen LogP contribution in [0.5, 0.6) is 17.2 Å². The molecular formula is C20H24FNO5S. The smallest absolute Gasteiger partial charge is 0.217 e. The predicted molar refractivity (Wildman–Crippen MR) is 104 cm³/mol. The van der Waals surface area contributed by atoms with E-state index in [2.05, 4.69) is 0 Å². The van der Waals surface area contributed by atoms with E-state index in [9.17, 15) is 12.8 Å². The van der Waals surface area contributed by atoms with Crippen LogP contribution < -0.4 is 14.2 Å². The van der Waals surface area contributed by atoms with Crippen molar-refractivity contribution in [3.05, 3.63) is 53.8 Å². The molecule has 2 aromatic carbocycles. The van der Waals surface area contributed by atoms with Crippen LogP contribution in [0.3, 0.4) is 0 Å². The Kier molecular flexibility index (Phi) is 6.41. The van der Waals surface area contributed by atoms with Gasteiger partial charge in [0.15, 0.2) is 23.1 Å². The fraction of sp³-hybridized carbons (Fsp3) is 0.400. The number of hydrogen-bond acceptors (Lipinski definition) is 5. The van der Waals surface area contributed by atoms with E-state index in [-0.39, 0.29) is 24.0 Å². The Morgan fingerprint density at radius 1 is 1.07 bits per heavy atom. The number of ether oxygens (including phenoxy) is 3. The van der Waals surface area contributed by atoms with E-state index < -0.39 is 15.8 Å². The molecule has 1 saturated heterocycles. The van der Waals surface area contributed by atoms with Gasteiger partial charge in [-0.25, -0.2) is 17.1 Å². The Morgan fingerprint density at radius 2 is 1.82 bits per heavy atom. The monoisotopic (exact) mass is 409 g/mol. The van der Waals surface area contributed by atoms with Gasteiger partial charge in [0.2, 0.25) is 10.0 Å². The van der Waals surface area contributed by atoms with Crippen molar-refractivity contribution in [3.8, 4) is 17.2 Å². The summed E-state index contributed by atoms with van der Waals surface area (Å²) in [5.74, 6) is 0.622. The number of sulfonamides is 1. The van der Waals surface area contributed by atoms with Gasteiger partial charge in [-0.1, -0.05) is 24.3 Å². The molecule has 0 aliphatic carbocycles. The standard InChI is InChI=1S/C20H24FNO5S/c1-25-19-9-5-6-16(20(19)26-2)15-10-11-22(14-15)28(23,24)13-12-27-18-8-4-3-7-17(18)21/h3-9,15H,10-14H2,1-2H3. The van der Waals surface area contributed by atoms with Gasteiger partial charge in [-0.05, 0) is 24.6 Å². The minimum absolute atomic E-state index is 0.0207. The van der Waals surface area contributed by atoms with Crippen molar-refractivity contribution >= 4 is 10.0 Å². The zero-order valence-electron chi connectivity index (χ0n) is 15.9. The molecular weight excluding hydrogens is 385 g/mol. The van der Waals surface area contributed by atoms with Crippen molar-refractivity contribution in [2.75, 3.05) is 39.7 Å². The van der Waals surface area contributed by atoms with E-state index in [0.29, 0.717) is 31.0 Å². The molecule has 1 atom stereocenters. The number of rotatable bonds is 8. The summed E-state index contributed by atoms with van der Waals surface area (Å²) in [4.78, 5) is 0. The summed E-state index contributed by atoms with van der Waals surface area (Å²) < 4.78 is 56.5. The quantitative estimate of drug-likeness (QED) is 0.671. The molecule has 1 unspecified atom stereocenters. The summed E-state index contributed by atoms with van der Waals surface area (Å²) >= 11 is 0. The van der Waals surface area contributed by atoms with E-state index in [0.717, 1.165) is 5.56 Å². The fourth-order valence-corrected chi connectivity index (χ4v) is 4.76. The largest absolute Gasteiger partial charge is 0.493 e. The number of methoxy groups -OCH3 is 2. The second-order valence-electron chi connectivity index (χ2n) is 6.52. The average molecular weight is 409 g/mol. The topological polar surface area (TPSA) is 65.1 Å². The molecule has 0 spiro atoms. The Labute approximate surface area is 164 Å². The molecule has 1 fully saturated rings. The number of halogens is 1. The van der Waals surface area contributed by atoms with E-state index in [1.165, 1.54) is 16.4 Å². The molecule has 0 amide bonds. The summed E-state index contributed by atoms with van der Waals surface area (Å²) in [6.07, 6.45) is 0.691.